The van der Waals surface area contributed by atoms with Crippen molar-refractivity contribution in [3.8, 4) is 17.2 Å². The Morgan fingerprint density at radius 1 is 1.00 bits per heavy atom. The van der Waals surface area contributed by atoms with Crippen LogP contribution in [0.25, 0.3) is 21.9 Å². The number of pyridine rings is 1. The van der Waals surface area contributed by atoms with Crippen LogP contribution in [0.5, 0.6) is 0 Å². The molecule has 3 rings (SSSR count). The van der Waals surface area contributed by atoms with E-state index in [1.54, 1.807) is 12.3 Å². The van der Waals surface area contributed by atoms with Crippen molar-refractivity contribution < 1.29 is 0 Å². The predicted octanol–water partition coefficient (Wildman–Crippen LogP) is 3.57. The molecular formula is C16H9N2. The van der Waals surface area contributed by atoms with Gasteiger partial charge in [-0.15, -0.1) is 0 Å². The molecule has 1 radical (unpaired) electrons. The summed E-state index contributed by atoms with van der Waals surface area (Å²) >= 11 is 0. The van der Waals surface area contributed by atoms with Gasteiger partial charge in [0.25, 0.3) is 0 Å². The van der Waals surface area contributed by atoms with Crippen molar-refractivity contribution in [3.63, 3.8) is 0 Å². The summed E-state index contributed by atoms with van der Waals surface area (Å²) < 4.78 is 0. The first-order valence-electron chi connectivity index (χ1n) is 5.63. The highest BCUT2D eigenvalue weighted by molar-refractivity contribution is 5.87. The van der Waals surface area contributed by atoms with Crippen LogP contribution in [-0.4, -0.2) is 4.98 Å². The molecule has 0 aliphatic heterocycles. The number of benzene rings is 2. The lowest BCUT2D eigenvalue weighted by molar-refractivity contribution is 1.27. The summed E-state index contributed by atoms with van der Waals surface area (Å²) in [5, 5.41) is 11.2. The second-order valence-electron chi connectivity index (χ2n) is 4.03. The SMILES string of the molecule is N#Cc1cc(-c2ccc3cc[c]cc3c2)ccn1. The van der Waals surface area contributed by atoms with Crippen molar-refractivity contribution in [3.05, 3.63) is 66.5 Å². The third-order valence-corrected chi connectivity index (χ3v) is 2.89. The molecular weight excluding hydrogens is 220 g/mol. The lowest BCUT2D eigenvalue weighted by atomic mass is 10.0. The van der Waals surface area contributed by atoms with Gasteiger partial charge in [-0.1, -0.05) is 24.3 Å². The summed E-state index contributed by atoms with van der Waals surface area (Å²) in [6, 6.07) is 21.0. The minimum Gasteiger partial charge on any atom is -0.246 e. The minimum absolute atomic E-state index is 0.437. The molecule has 0 aliphatic carbocycles. The fraction of sp³-hybridized carbons (Fsp3) is 0. The van der Waals surface area contributed by atoms with Crippen LogP contribution in [0.1, 0.15) is 5.69 Å². The molecule has 18 heavy (non-hydrogen) atoms. The quantitative estimate of drug-likeness (QED) is 0.639. The summed E-state index contributed by atoms with van der Waals surface area (Å²) in [6.45, 7) is 0. The monoisotopic (exact) mass is 229 g/mol. The average Bonchev–Trinajstić information content (AvgIpc) is 2.47. The lowest BCUT2D eigenvalue weighted by Crippen LogP contribution is -1.84. The van der Waals surface area contributed by atoms with Crippen molar-refractivity contribution in [2.45, 2.75) is 0 Å². The summed E-state index contributed by atoms with van der Waals surface area (Å²) in [5.74, 6) is 0. The van der Waals surface area contributed by atoms with Crippen LogP contribution in [0, 0.1) is 17.4 Å². The Balaban J connectivity index is 2.16. The maximum absolute atomic E-state index is 8.86. The second-order valence-corrected chi connectivity index (χ2v) is 4.03. The van der Waals surface area contributed by atoms with Crippen molar-refractivity contribution in [2.24, 2.45) is 0 Å². The highest BCUT2D eigenvalue weighted by atomic mass is 14.7. The van der Waals surface area contributed by atoms with E-state index < -0.39 is 0 Å². The summed E-state index contributed by atoms with van der Waals surface area (Å²) in [7, 11) is 0. The van der Waals surface area contributed by atoms with Crippen LogP contribution in [0.15, 0.2) is 54.7 Å². The van der Waals surface area contributed by atoms with Crippen LogP contribution >= 0.6 is 0 Å². The van der Waals surface area contributed by atoms with Gasteiger partial charge in [0.05, 0.1) is 0 Å². The molecule has 0 spiro atoms. The van der Waals surface area contributed by atoms with Gasteiger partial charge in [0, 0.05) is 6.20 Å². The molecule has 0 bridgehead atoms. The van der Waals surface area contributed by atoms with Crippen LogP contribution in [0.3, 0.4) is 0 Å². The molecule has 0 saturated heterocycles. The Labute approximate surface area is 105 Å². The lowest BCUT2D eigenvalue weighted by Gasteiger charge is -2.04. The molecule has 83 valence electrons. The Hall–Kier alpha value is -2.66. The molecule has 0 amide bonds. The number of aromatic nitrogens is 1. The number of fused-ring (bicyclic) bond motifs is 1. The molecule has 2 nitrogen and oxygen atoms in total. The first kappa shape index (κ1) is 10.5. The number of hydrogen-bond donors (Lipinski definition) is 0. The van der Waals surface area contributed by atoms with E-state index in [2.05, 4.69) is 35.3 Å². The van der Waals surface area contributed by atoms with Crippen molar-refractivity contribution in [1.82, 2.24) is 4.98 Å². The topological polar surface area (TPSA) is 36.7 Å². The van der Waals surface area contributed by atoms with Gasteiger partial charge in [-0.3, -0.25) is 0 Å². The standard InChI is InChI=1S/C16H9N2/c17-11-16-10-15(7-8-18-16)14-6-5-12-3-1-2-4-13(12)9-14/h1,3-10H. The van der Waals surface area contributed by atoms with Crippen LogP contribution < -0.4 is 0 Å². The third-order valence-electron chi connectivity index (χ3n) is 2.89. The zero-order chi connectivity index (χ0) is 12.4. The molecule has 1 heterocycles. The smallest absolute Gasteiger partial charge is 0.141 e. The summed E-state index contributed by atoms with van der Waals surface area (Å²) in [4.78, 5) is 3.98. The van der Waals surface area contributed by atoms with Crippen LogP contribution in [0.2, 0.25) is 0 Å². The van der Waals surface area contributed by atoms with E-state index in [1.165, 1.54) is 5.39 Å². The summed E-state index contributed by atoms with van der Waals surface area (Å²) in [6.07, 6.45) is 1.66. The van der Waals surface area contributed by atoms with Crippen molar-refractivity contribution in [1.29, 1.82) is 5.26 Å². The van der Waals surface area contributed by atoms with E-state index in [-0.39, 0.29) is 0 Å². The molecule has 1 aromatic heterocycles. The Bertz CT molecular complexity index is 754. The average molecular weight is 229 g/mol. The fourth-order valence-corrected chi connectivity index (χ4v) is 1.98. The highest BCUT2D eigenvalue weighted by Crippen LogP contribution is 2.24. The molecule has 0 aliphatic rings. The minimum atomic E-state index is 0.437. The van der Waals surface area contributed by atoms with E-state index in [9.17, 15) is 0 Å². The zero-order valence-corrected chi connectivity index (χ0v) is 9.59. The van der Waals surface area contributed by atoms with E-state index >= 15 is 0 Å². The van der Waals surface area contributed by atoms with Gasteiger partial charge < -0.3 is 0 Å². The van der Waals surface area contributed by atoms with Crippen LogP contribution in [0.4, 0.5) is 0 Å². The first-order chi connectivity index (χ1) is 8.86. The molecule has 2 heteroatoms. The maximum atomic E-state index is 8.86. The Morgan fingerprint density at radius 2 is 1.89 bits per heavy atom. The van der Waals surface area contributed by atoms with Gasteiger partial charge in [0.15, 0.2) is 0 Å². The van der Waals surface area contributed by atoms with Gasteiger partial charge in [-0.25, -0.2) is 4.98 Å². The van der Waals surface area contributed by atoms with Gasteiger partial charge in [0.1, 0.15) is 11.8 Å². The molecule has 0 saturated carbocycles. The largest absolute Gasteiger partial charge is 0.246 e. The van der Waals surface area contributed by atoms with Gasteiger partial charge in [0.2, 0.25) is 0 Å². The molecule has 0 atom stereocenters. The number of hydrogen-bond acceptors (Lipinski definition) is 2. The van der Waals surface area contributed by atoms with E-state index in [0.717, 1.165) is 16.5 Å². The number of nitriles is 1. The zero-order valence-electron chi connectivity index (χ0n) is 9.59. The first-order valence-corrected chi connectivity index (χ1v) is 5.63. The maximum Gasteiger partial charge on any atom is 0.141 e. The molecule has 0 fully saturated rings. The predicted molar refractivity (Wildman–Crippen MR) is 70.7 cm³/mol. The normalized spacial score (nSPS) is 10.2. The highest BCUT2D eigenvalue weighted by Gasteiger charge is 2.01. The van der Waals surface area contributed by atoms with E-state index in [1.807, 2.05) is 24.3 Å². The number of rotatable bonds is 1. The molecule has 3 aromatic rings. The van der Waals surface area contributed by atoms with Gasteiger partial charge in [-0.05, 0) is 52.2 Å². The van der Waals surface area contributed by atoms with Crippen molar-refractivity contribution >= 4 is 10.8 Å². The van der Waals surface area contributed by atoms with Crippen molar-refractivity contribution in [2.75, 3.05) is 0 Å². The molecule has 0 unspecified atom stereocenters. The fourth-order valence-electron chi connectivity index (χ4n) is 1.98. The number of nitrogens with zero attached hydrogens (tertiary/aromatic N) is 2. The van der Waals surface area contributed by atoms with E-state index in [4.69, 9.17) is 5.26 Å². The van der Waals surface area contributed by atoms with E-state index in [0.29, 0.717) is 5.69 Å². The third kappa shape index (κ3) is 1.83. The van der Waals surface area contributed by atoms with Gasteiger partial charge >= 0.3 is 0 Å². The van der Waals surface area contributed by atoms with Crippen LogP contribution in [-0.2, 0) is 0 Å². The van der Waals surface area contributed by atoms with Gasteiger partial charge in [-0.2, -0.15) is 5.26 Å². The summed E-state index contributed by atoms with van der Waals surface area (Å²) in [5.41, 5.74) is 2.53. The Kier molecular flexibility index (Phi) is 2.51. The molecule has 0 N–H and O–H groups in total. The second kappa shape index (κ2) is 4.31. The Morgan fingerprint density at radius 3 is 2.78 bits per heavy atom. The molecule has 2 aromatic carbocycles.